The zero-order chi connectivity index (χ0) is 20.5. The maximum atomic E-state index is 12.5. The molecule has 0 unspecified atom stereocenters. The molecule has 0 spiro atoms. The van der Waals surface area contributed by atoms with E-state index in [9.17, 15) is 9.59 Å². The minimum Gasteiger partial charge on any atom is -0.496 e. The Balaban J connectivity index is 1.53. The summed E-state index contributed by atoms with van der Waals surface area (Å²) in [4.78, 5) is 28.6. The van der Waals surface area contributed by atoms with Gasteiger partial charge in [-0.25, -0.2) is 9.78 Å². The number of aromatic nitrogens is 2. The van der Waals surface area contributed by atoms with Crippen LogP contribution in [0.3, 0.4) is 0 Å². The number of amides is 1. The maximum Gasteiger partial charge on any atom is 0.419 e. The standard InChI is InChI=1S/C21H19N3O5/c1-12-15(23-20(28-12)14-6-4-5-7-17(14)27-3)11-19(25)22-13-8-9-16-18(10-13)29-21(26)24(16)2/h4-10H,11H2,1-3H3,(H,22,25). The average molecular weight is 393 g/mol. The molecule has 2 aromatic carbocycles. The first kappa shape index (κ1) is 18.5. The fraction of sp³-hybridized carbons (Fsp3) is 0.190. The van der Waals surface area contributed by atoms with Gasteiger partial charge in [-0.1, -0.05) is 12.1 Å². The monoisotopic (exact) mass is 393 g/mol. The molecule has 29 heavy (non-hydrogen) atoms. The van der Waals surface area contributed by atoms with Crippen molar-refractivity contribution in [1.29, 1.82) is 0 Å². The van der Waals surface area contributed by atoms with Crippen LogP contribution >= 0.6 is 0 Å². The van der Waals surface area contributed by atoms with Gasteiger partial charge in [0.1, 0.15) is 11.5 Å². The van der Waals surface area contributed by atoms with E-state index in [4.69, 9.17) is 13.6 Å². The molecule has 0 aliphatic carbocycles. The second-order valence-corrected chi connectivity index (χ2v) is 6.56. The van der Waals surface area contributed by atoms with Gasteiger partial charge in [0.2, 0.25) is 11.8 Å². The van der Waals surface area contributed by atoms with Crippen LogP contribution in [0.15, 0.2) is 56.1 Å². The summed E-state index contributed by atoms with van der Waals surface area (Å²) in [6.07, 6.45) is 0.0429. The molecule has 2 heterocycles. The van der Waals surface area contributed by atoms with E-state index in [0.29, 0.717) is 45.4 Å². The summed E-state index contributed by atoms with van der Waals surface area (Å²) in [6, 6.07) is 12.4. The number of oxazole rings is 2. The number of carbonyl (C=O) groups excluding carboxylic acids is 1. The summed E-state index contributed by atoms with van der Waals surface area (Å²) in [5.41, 5.74) is 2.85. The number of hydrogen-bond acceptors (Lipinski definition) is 6. The molecule has 148 valence electrons. The summed E-state index contributed by atoms with van der Waals surface area (Å²) in [6.45, 7) is 1.76. The lowest BCUT2D eigenvalue weighted by atomic mass is 10.2. The van der Waals surface area contributed by atoms with E-state index in [-0.39, 0.29) is 12.3 Å². The summed E-state index contributed by atoms with van der Waals surface area (Å²) in [7, 11) is 3.20. The summed E-state index contributed by atoms with van der Waals surface area (Å²) in [5.74, 6) is 0.888. The van der Waals surface area contributed by atoms with Gasteiger partial charge < -0.3 is 18.9 Å². The highest BCUT2D eigenvalue weighted by atomic mass is 16.5. The fourth-order valence-electron chi connectivity index (χ4n) is 3.10. The first-order chi connectivity index (χ1) is 14.0. The van der Waals surface area contributed by atoms with Crippen molar-refractivity contribution >= 4 is 22.7 Å². The average Bonchev–Trinajstić information content (AvgIpc) is 3.20. The van der Waals surface area contributed by atoms with Crippen LogP contribution in [-0.2, 0) is 18.3 Å². The number of aryl methyl sites for hydroxylation is 2. The van der Waals surface area contributed by atoms with Crippen LogP contribution in [0.1, 0.15) is 11.5 Å². The van der Waals surface area contributed by atoms with Crippen molar-refractivity contribution in [1.82, 2.24) is 9.55 Å². The van der Waals surface area contributed by atoms with Gasteiger partial charge in [-0.15, -0.1) is 0 Å². The first-order valence-electron chi connectivity index (χ1n) is 8.95. The normalized spacial score (nSPS) is 11.0. The highest BCUT2D eigenvalue weighted by Crippen LogP contribution is 2.30. The molecule has 0 fully saturated rings. The van der Waals surface area contributed by atoms with Gasteiger partial charge in [0.05, 0.1) is 30.3 Å². The molecule has 0 bridgehead atoms. The van der Waals surface area contributed by atoms with Crippen molar-refractivity contribution in [2.75, 3.05) is 12.4 Å². The van der Waals surface area contributed by atoms with E-state index in [2.05, 4.69) is 10.3 Å². The molecule has 1 amide bonds. The molecule has 2 aromatic heterocycles. The fourth-order valence-corrected chi connectivity index (χ4v) is 3.10. The predicted molar refractivity (Wildman–Crippen MR) is 107 cm³/mol. The second-order valence-electron chi connectivity index (χ2n) is 6.56. The third kappa shape index (κ3) is 3.52. The SMILES string of the molecule is COc1ccccc1-c1nc(CC(=O)Nc2ccc3c(c2)oc(=O)n3C)c(C)o1. The molecule has 4 aromatic rings. The number of carbonyl (C=O) groups is 1. The van der Waals surface area contributed by atoms with Gasteiger partial charge in [0.25, 0.3) is 0 Å². The number of anilines is 1. The van der Waals surface area contributed by atoms with E-state index in [1.54, 1.807) is 39.3 Å². The molecule has 8 heteroatoms. The maximum absolute atomic E-state index is 12.5. The molecular formula is C21H19N3O5. The molecule has 0 aliphatic rings. The summed E-state index contributed by atoms with van der Waals surface area (Å²) in [5, 5.41) is 2.79. The number of para-hydroxylation sites is 1. The van der Waals surface area contributed by atoms with Crippen LogP contribution < -0.4 is 15.8 Å². The number of nitrogens with zero attached hydrogens (tertiary/aromatic N) is 2. The van der Waals surface area contributed by atoms with Crippen LogP contribution in [0.4, 0.5) is 5.69 Å². The third-order valence-corrected chi connectivity index (χ3v) is 4.63. The molecule has 4 rings (SSSR count). The van der Waals surface area contributed by atoms with Crippen molar-refractivity contribution < 1.29 is 18.4 Å². The zero-order valence-corrected chi connectivity index (χ0v) is 16.2. The zero-order valence-electron chi connectivity index (χ0n) is 16.2. The molecular weight excluding hydrogens is 374 g/mol. The van der Waals surface area contributed by atoms with Crippen LogP contribution in [-0.4, -0.2) is 22.6 Å². The highest BCUT2D eigenvalue weighted by molar-refractivity contribution is 5.94. The third-order valence-electron chi connectivity index (χ3n) is 4.63. The lowest BCUT2D eigenvalue weighted by Gasteiger charge is -2.04. The lowest BCUT2D eigenvalue weighted by Crippen LogP contribution is -2.15. The van der Waals surface area contributed by atoms with Crippen LogP contribution in [0, 0.1) is 6.92 Å². The second kappa shape index (κ2) is 7.31. The Morgan fingerprint density at radius 1 is 1.21 bits per heavy atom. The molecule has 1 N–H and O–H groups in total. The molecule has 0 atom stereocenters. The van der Waals surface area contributed by atoms with Crippen LogP contribution in [0.2, 0.25) is 0 Å². The van der Waals surface area contributed by atoms with Gasteiger partial charge in [0.15, 0.2) is 5.58 Å². The van der Waals surface area contributed by atoms with Crippen molar-refractivity contribution in [2.45, 2.75) is 13.3 Å². The Morgan fingerprint density at radius 2 is 2.00 bits per heavy atom. The largest absolute Gasteiger partial charge is 0.496 e. The smallest absolute Gasteiger partial charge is 0.419 e. The summed E-state index contributed by atoms with van der Waals surface area (Å²) >= 11 is 0. The molecule has 0 saturated carbocycles. The van der Waals surface area contributed by atoms with Crippen molar-refractivity contribution in [3.63, 3.8) is 0 Å². The van der Waals surface area contributed by atoms with E-state index >= 15 is 0 Å². The van der Waals surface area contributed by atoms with Crippen molar-refractivity contribution in [2.24, 2.45) is 7.05 Å². The van der Waals surface area contributed by atoms with Gasteiger partial charge in [-0.05, 0) is 31.2 Å². The topological polar surface area (TPSA) is 99.5 Å². The van der Waals surface area contributed by atoms with E-state index in [1.165, 1.54) is 4.57 Å². The Morgan fingerprint density at radius 3 is 2.79 bits per heavy atom. The lowest BCUT2D eigenvalue weighted by molar-refractivity contribution is -0.115. The number of benzene rings is 2. The molecule has 0 radical (unpaired) electrons. The highest BCUT2D eigenvalue weighted by Gasteiger charge is 2.17. The molecule has 0 aliphatic heterocycles. The summed E-state index contributed by atoms with van der Waals surface area (Å²) < 4.78 is 17.6. The van der Waals surface area contributed by atoms with Gasteiger partial charge in [-0.2, -0.15) is 0 Å². The van der Waals surface area contributed by atoms with Crippen molar-refractivity contribution in [3.05, 3.63) is 64.5 Å². The number of rotatable bonds is 5. The first-order valence-corrected chi connectivity index (χ1v) is 8.95. The van der Waals surface area contributed by atoms with E-state index in [1.807, 2.05) is 24.3 Å². The van der Waals surface area contributed by atoms with Crippen LogP contribution in [0.5, 0.6) is 5.75 Å². The van der Waals surface area contributed by atoms with E-state index in [0.717, 1.165) is 0 Å². The number of hydrogen-bond donors (Lipinski definition) is 1. The Kier molecular flexibility index (Phi) is 4.67. The number of methoxy groups -OCH3 is 1. The van der Waals surface area contributed by atoms with Gasteiger partial charge in [-0.3, -0.25) is 9.36 Å². The molecule has 8 nitrogen and oxygen atoms in total. The van der Waals surface area contributed by atoms with Gasteiger partial charge in [0, 0.05) is 18.8 Å². The Bertz CT molecular complexity index is 1270. The van der Waals surface area contributed by atoms with Gasteiger partial charge >= 0.3 is 5.76 Å². The minimum atomic E-state index is -0.453. The number of ether oxygens (including phenoxy) is 1. The molecule has 0 saturated heterocycles. The predicted octanol–water partition coefficient (Wildman–Crippen LogP) is 3.28. The quantitative estimate of drug-likeness (QED) is 0.559. The Labute approximate surface area is 165 Å². The van der Waals surface area contributed by atoms with Crippen LogP contribution in [0.25, 0.3) is 22.6 Å². The van der Waals surface area contributed by atoms with E-state index < -0.39 is 5.76 Å². The minimum absolute atomic E-state index is 0.0429. The number of fused-ring (bicyclic) bond motifs is 1. The Hall–Kier alpha value is -3.81. The number of nitrogens with one attached hydrogen (secondary N) is 1. The van der Waals surface area contributed by atoms with Crippen molar-refractivity contribution in [3.8, 4) is 17.2 Å².